The van der Waals surface area contributed by atoms with Crippen LogP contribution in [0.1, 0.15) is 17.7 Å². The molecule has 7 nitrogen and oxygen atoms in total. The molecule has 1 heterocycles. The van der Waals surface area contributed by atoms with Gasteiger partial charge in [-0.05, 0) is 11.6 Å². The molecule has 1 aromatic carbocycles. The summed E-state index contributed by atoms with van der Waals surface area (Å²) in [6, 6.07) is 11.5. The molecule has 0 saturated carbocycles. The third-order valence-corrected chi connectivity index (χ3v) is 3.31. The molecule has 0 fully saturated rings. The van der Waals surface area contributed by atoms with Gasteiger partial charge in [0.25, 0.3) is 0 Å². The number of carbonyl (C=O) groups is 2. The monoisotopic (exact) mass is 316 g/mol. The number of hydrogen-bond acceptors (Lipinski definition) is 3. The molecule has 2 aromatic rings. The molecule has 1 aromatic heterocycles. The van der Waals surface area contributed by atoms with Crippen LogP contribution < -0.4 is 5.32 Å². The lowest BCUT2D eigenvalue weighted by molar-refractivity contribution is -0.137. The number of aromatic nitrogens is 2. The Balaban J connectivity index is 1.80. The lowest BCUT2D eigenvalue weighted by Crippen LogP contribution is -2.38. The number of hydrogen-bond donors (Lipinski definition) is 2. The third-order valence-electron chi connectivity index (χ3n) is 3.31. The molecule has 2 N–H and O–H groups in total. The molecule has 2 amide bonds. The fourth-order valence-corrected chi connectivity index (χ4v) is 2.02. The van der Waals surface area contributed by atoms with Gasteiger partial charge in [-0.1, -0.05) is 30.3 Å². The minimum absolute atomic E-state index is 0.0738. The number of carboxylic acid groups (broad SMARTS) is 1. The van der Waals surface area contributed by atoms with Gasteiger partial charge in [-0.2, -0.15) is 5.10 Å². The van der Waals surface area contributed by atoms with Gasteiger partial charge in [0.05, 0.1) is 25.2 Å². The van der Waals surface area contributed by atoms with E-state index in [4.69, 9.17) is 5.11 Å². The van der Waals surface area contributed by atoms with Crippen molar-refractivity contribution >= 4 is 12.0 Å². The third kappa shape index (κ3) is 5.46. The summed E-state index contributed by atoms with van der Waals surface area (Å²) in [5, 5.41) is 15.7. The van der Waals surface area contributed by atoms with Gasteiger partial charge in [-0.25, -0.2) is 4.79 Å². The maximum absolute atomic E-state index is 11.8. The fourth-order valence-electron chi connectivity index (χ4n) is 2.02. The lowest BCUT2D eigenvalue weighted by atomic mass is 10.2. The van der Waals surface area contributed by atoms with Gasteiger partial charge in [0, 0.05) is 19.8 Å². The van der Waals surface area contributed by atoms with Crippen molar-refractivity contribution in [3.63, 3.8) is 0 Å². The second-order valence-electron chi connectivity index (χ2n) is 5.21. The number of urea groups is 1. The number of benzene rings is 1. The zero-order valence-corrected chi connectivity index (χ0v) is 13.0. The Labute approximate surface area is 134 Å². The highest BCUT2D eigenvalue weighted by Crippen LogP contribution is 2.03. The number of aliphatic carboxylic acids is 1. The number of nitrogens with zero attached hydrogens (tertiary/aromatic N) is 3. The molecule has 0 atom stereocenters. The Bertz CT molecular complexity index is 654. The summed E-state index contributed by atoms with van der Waals surface area (Å²) in [6.07, 6.45) is 1.79. The van der Waals surface area contributed by atoms with Crippen molar-refractivity contribution in [2.24, 2.45) is 0 Å². The van der Waals surface area contributed by atoms with Gasteiger partial charge >= 0.3 is 12.0 Å². The smallest absolute Gasteiger partial charge is 0.317 e. The molecule has 0 radical (unpaired) electrons. The molecule has 122 valence electrons. The number of amides is 2. The predicted octanol–water partition coefficient (Wildman–Crippen LogP) is 1.55. The largest absolute Gasteiger partial charge is 0.481 e. The molecule has 0 saturated heterocycles. The average molecular weight is 316 g/mol. The summed E-state index contributed by atoms with van der Waals surface area (Å²) in [7, 11) is 1.56. The molecular weight excluding hydrogens is 296 g/mol. The summed E-state index contributed by atoms with van der Waals surface area (Å²) >= 11 is 0. The van der Waals surface area contributed by atoms with Gasteiger partial charge in [0.15, 0.2) is 0 Å². The van der Waals surface area contributed by atoms with Gasteiger partial charge in [-0.15, -0.1) is 0 Å². The van der Waals surface area contributed by atoms with Crippen LogP contribution in [0.25, 0.3) is 0 Å². The van der Waals surface area contributed by atoms with E-state index in [9.17, 15) is 9.59 Å². The normalized spacial score (nSPS) is 10.3. The van der Waals surface area contributed by atoms with E-state index in [1.165, 1.54) is 4.90 Å². The van der Waals surface area contributed by atoms with Crippen LogP contribution in [-0.4, -0.2) is 45.4 Å². The molecule has 0 unspecified atom stereocenters. The summed E-state index contributed by atoms with van der Waals surface area (Å²) in [5.41, 5.74) is 1.90. The summed E-state index contributed by atoms with van der Waals surface area (Å²) in [4.78, 5) is 23.6. The molecule has 0 aliphatic carbocycles. The van der Waals surface area contributed by atoms with E-state index >= 15 is 0 Å². The lowest BCUT2D eigenvalue weighted by Gasteiger charge is -2.16. The molecule has 0 bridgehead atoms. The first-order chi connectivity index (χ1) is 11.0. The van der Waals surface area contributed by atoms with Crippen LogP contribution in [0.15, 0.2) is 42.6 Å². The van der Waals surface area contributed by atoms with E-state index in [0.717, 1.165) is 11.3 Å². The first-order valence-electron chi connectivity index (χ1n) is 7.31. The highest BCUT2D eigenvalue weighted by molar-refractivity contribution is 5.74. The van der Waals surface area contributed by atoms with Crippen molar-refractivity contribution in [3.05, 3.63) is 53.9 Å². The SMILES string of the molecule is CN(CCC(=O)O)C(=O)NCc1ccn(Cc2ccccc2)n1. The minimum atomic E-state index is -0.927. The summed E-state index contributed by atoms with van der Waals surface area (Å²) < 4.78 is 1.81. The highest BCUT2D eigenvalue weighted by atomic mass is 16.4. The van der Waals surface area contributed by atoms with Crippen LogP contribution in [0.4, 0.5) is 4.79 Å². The minimum Gasteiger partial charge on any atom is -0.481 e. The molecule has 0 spiro atoms. The van der Waals surface area contributed by atoms with E-state index < -0.39 is 5.97 Å². The van der Waals surface area contributed by atoms with Crippen LogP contribution in [0.2, 0.25) is 0 Å². The van der Waals surface area contributed by atoms with Crippen molar-refractivity contribution in [1.82, 2.24) is 20.0 Å². The first-order valence-corrected chi connectivity index (χ1v) is 7.31. The Morgan fingerprint density at radius 1 is 1.26 bits per heavy atom. The summed E-state index contributed by atoms with van der Waals surface area (Å²) in [5.74, 6) is -0.927. The standard InChI is InChI=1S/C16H20N4O3/c1-19(9-8-15(21)22)16(23)17-11-14-7-10-20(18-14)12-13-5-3-2-4-6-13/h2-7,10H,8-9,11-12H2,1H3,(H,17,23)(H,21,22). The van der Waals surface area contributed by atoms with Gasteiger partial charge in [0.1, 0.15) is 0 Å². The van der Waals surface area contributed by atoms with Crippen LogP contribution in [0.3, 0.4) is 0 Å². The van der Waals surface area contributed by atoms with Crippen molar-refractivity contribution in [3.8, 4) is 0 Å². The Kier molecular flexibility index (Phi) is 5.74. The fraction of sp³-hybridized carbons (Fsp3) is 0.312. The number of carbonyl (C=O) groups excluding carboxylic acids is 1. The second kappa shape index (κ2) is 7.98. The van der Waals surface area contributed by atoms with Crippen molar-refractivity contribution in [2.45, 2.75) is 19.5 Å². The topological polar surface area (TPSA) is 87.5 Å². The van der Waals surface area contributed by atoms with E-state index in [-0.39, 0.29) is 19.0 Å². The number of rotatable bonds is 7. The van der Waals surface area contributed by atoms with Gasteiger partial charge in [0.2, 0.25) is 0 Å². The first kappa shape index (κ1) is 16.5. The van der Waals surface area contributed by atoms with Crippen molar-refractivity contribution in [1.29, 1.82) is 0 Å². The molecule has 2 rings (SSSR count). The summed E-state index contributed by atoms with van der Waals surface area (Å²) in [6.45, 7) is 1.15. The van der Waals surface area contributed by atoms with E-state index in [2.05, 4.69) is 10.4 Å². The average Bonchev–Trinajstić information content (AvgIpc) is 2.98. The maximum Gasteiger partial charge on any atom is 0.317 e. The van der Waals surface area contributed by atoms with Crippen LogP contribution in [0, 0.1) is 0 Å². The van der Waals surface area contributed by atoms with Gasteiger partial charge < -0.3 is 15.3 Å². The quantitative estimate of drug-likeness (QED) is 0.811. The van der Waals surface area contributed by atoms with Crippen LogP contribution >= 0.6 is 0 Å². The Morgan fingerprint density at radius 3 is 2.70 bits per heavy atom. The van der Waals surface area contributed by atoms with E-state index in [0.29, 0.717) is 13.1 Å². The number of nitrogens with one attached hydrogen (secondary N) is 1. The van der Waals surface area contributed by atoms with Crippen molar-refractivity contribution < 1.29 is 14.7 Å². The molecule has 7 heteroatoms. The molecule has 23 heavy (non-hydrogen) atoms. The predicted molar refractivity (Wildman–Crippen MR) is 84.9 cm³/mol. The van der Waals surface area contributed by atoms with Crippen LogP contribution in [-0.2, 0) is 17.9 Å². The van der Waals surface area contributed by atoms with Gasteiger partial charge in [-0.3, -0.25) is 9.48 Å². The Hall–Kier alpha value is -2.83. The zero-order valence-electron chi connectivity index (χ0n) is 13.0. The second-order valence-corrected chi connectivity index (χ2v) is 5.21. The maximum atomic E-state index is 11.8. The van der Waals surface area contributed by atoms with E-state index in [1.54, 1.807) is 7.05 Å². The van der Waals surface area contributed by atoms with Crippen LogP contribution in [0.5, 0.6) is 0 Å². The molecule has 0 aliphatic rings. The zero-order chi connectivity index (χ0) is 16.7. The molecule has 0 aliphatic heterocycles. The van der Waals surface area contributed by atoms with Crippen molar-refractivity contribution in [2.75, 3.05) is 13.6 Å². The highest BCUT2D eigenvalue weighted by Gasteiger charge is 2.10. The molecular formula is C16H20N4O3. The number of carboxylic acids is 1. The van der Waals surface area contributed by atoms with E-state index in [1.807, 2.05) is 47.3 Å². The Morgan fingerprint density at radius 2 is 2.00 bits per heavy atom.